The van der Waals surface area contributed by atoms with E-state index < -0.39 is 11.4 Å². The summed E-state index contributed by atoms with van der Waals surface area (Å²) in [5.74, 6) is 0.0496. The molecular weight excluding hydrogens is 434 g/mol. The number of hydrogen-bond donors (Lipinski definition) is 1. The van der Waals surface area contributed by atoms with Crippen molar-refractivity contribution in [2.24, 2.45) is 22.4 Å². The van der Waals surface area contributed by atoms with Gasteiger partial charge in [0.2, 0.25) is 0 Å². The Kier molecular flexibility index (Phi) is 7.13. The van der Waals surface area contributed by atoms with Crippen LogP contribution in [0.15, 0.2) is 47.6 Å². The molecule has 4 rings (SSSR count). The smallest absolute Gasteiger partial charge is 0.309 e. The summed E-state index contributed by atoms with van der Waals surface area (Å²) in [4.78, 5) is 18.3. The van der Waals surface area contributed by atoms with Crippen molar-refractivity contribution < 1.29 is 14.7 Å². The maximum absolute atomic E-state index is 12.4. The van der Waals surface area contributed by atoms with Gasteiger partial charge in [-0.25, -0.2) is 0 Å². The first kappa shape index (κ1) is 25.5. The summed E-state index contributed by atoms with van der Waals surface area (Å²) in [5.41, 5.74) is 6.43. The number of carboxylic acids is 1. The predicted molar refractivity (Wildman–Crippen MR) is 142 cm³/mol. The number of nitrogens with zero attached hydrogens (tertiary/aromatic N) is 1. The summed E-state index contributed by atoms with van der Waals surface area (Å²) in [7, 11) is 0. The van der Waals surface area contributed by atoms with Gasteiger partial charge in [-0.1, -0.05) is 82.6 Å². The lowest BCUT2D eigenvalue weighted by atomic mass is 9.49. The molecule has 4 heteroatoms. The van der Waals surface area contributed by atoms with Crippen molar-refractivity contribution in [2.45, 2.75) is 91.6 Å². The largest absolute Gasteiger partial charge is 0.481 e. The van der Waals surface area contributed by atoms with Crippen molar-refractivity contribution in [3.05, 3.63) is 70.3 Å². The van der Waals surface area contributed by atoms with Crippen LogP contribution in [0.3, 0.4) is 0 Å². The van der Waals surface area contributed by atoms with Crippen LogP contribution in [-0.4, -0.2) is 16.8 Å². The summed E-state index contributed by atoms with van der Waals surface area (Å²) >= 11 is 0. The van der Waals surface area contributed by atoms with Crippen LogP contribution in [0.2, 0.25) is 0 Å². The SMILES string of the molecule is CC(C)/C(=N\OCc1ccccc1)c1cc2c(cc1C(C)C)CCC1C(C)(C(=O)O)CCC[C@]21C. The number of oxime groups is 1. The topological polar surface area (TPSA) is 58.9 Å². The van der Waals surface area contributed by atoms with Gasteiger partial charge in [-0.3, -0.25) is 4.79 Å². The summed E-state index contributed by atoms with van der Waals surface area (Å²) in [6.45, 7) is 13.5. The maximum Gasteiger partial charge on any atom is 0.309 e. The summed E-state index contributed by atoms with van der Waals surface area (Å²) in [6, 6.07) is 14.9. The Morgan fingerprint density at radius 1 is 1.11 bits per heavy atom. The predicted octanol–water partition coefficient (Wildman–Crippen LogP) is 7.48. The average molecular weight is 476 g/mol. The van der Waals surface area contributed by atoms with Gasteiger partial charge in [0.05, 0.1) is 11.1 Å². The summed E-state index contributed by atoms with van der Waals surface area (Å²) in [5, 5.41) is 14.9. The molecule has 188 valence electrons. The molecule has 35 heavy (non-hydrogen) atoms. The maximum atomic E-state index is 12.4. The third-order valence-electron chi connectivity index (χ3n) is 8.69. The van der Waals surface area contributed by atoms with Crippen LogP contribution in [0.1, 0.15) is 101 Å². The van der Waals surface area contributed by atoms with Crippen LogP contribution in [0.25, 0.3) is 0 Å². The molecule has 0 saturated heterocycles. The molecule has 0 spiro atoms. The summed E-state index contributed by atoms with van der Waals surface area (Å²) in [6.07, 6.45) is 4.63. The van der Waals surface area contributed by atoms with E-state index in [0.717, 1.165) is 48.9 Å². The van der Waals surface area contributed by atoms with Crippen LogP contribution < -0.4 is 0 Å². The van der Waals surface area contributed by atoms with E-state index in [1.807, 2.05) is 37.3 Å². The van der Waals surface area contributed by atoms with Crippen molar-refractivity contribution in [3.8, 4) is 0 Å². The summed E-state index contributed by atoms with van der Waals surface area (Å²) < 4.78 is 0. The molecule has 0 radical (unpaired) electrons. The fraction of sp³-hybridized carbons (Fsp3) is 0.548. The highest BCUT2D eigenvalue weighted by atomic mass is 16.6. The second kappa shape index (κ2) is 9.79. The van der Waals surface area contributed by atoms with Crippen LogP contribution in [-0.2, 0) is 28.1 Å². The lowest BCUT2D eigenvalue weighted by Crippen LogP contribution is -2.52. The van der Waals surface area contributed by atoms with Gasteiger partial charge in [0.1, 0.15) is 6.61 Å². The Hall–Kier alpha value is -2.62. The van der Waals surface area contributed by atoms with E-state index in [1.54, 1.807) is 0 Å². The number of benzene rings is 2. The van der Waals surface area contributed by atoms with E-state index in [9.17, 15) is 9.90 Å². The molecule has 0 bridgehead atoms. The molecule has 1 saturated carbocycles. The highest BCUT2D eigenvalue weighted by Crippen LogP contribution is 2.57. The minimum Gasteiger partial charge on any atom is -0.481 e. The highest BCUT2D eigenvalue weighted by molar-refractivity contribution is 6.03. The van der Waals surface area contributed by atoms with Crippen molar-refractivity contribution in [2.75, 3.05) is 0 Å². The van der Waals surface area contributed by atoms with Gasteiger partial charge in [0.25, 0.3) is 0 Å². The second-order valence-corrected chi connectivity index (χ2v) is 11.7. The van der Waals surface area contributed by atoms with Crippen LogP contribution in [0, 0.1) is 17.3 Å². The fourth-order valence-corrected chi connectivity index (χ4v) is 6.71. The monoisotopic (exact) mass is 475 g/mol. The van der Waals surface area contributed by atoms with Gasteiger partial charge in [0.15, 0.2) is 0 Å². The Labute approximate surface area is 210 Å². The minimum atomic E-state index is -0.671. The molecule has 2 aromatic carbocycles. The van der Waals surface area contributed by atoms with Crippen molar-refractivity contribution in [3.63, 3.8) is 0 Å². The molecule has 0 heterocycles. The Morgan fingerprint density at radius 3 is 2.46 bits per heavy atom. The number of rotatable bonds is 7. The molecule has 1 N–H and O–H groups in total. The van der Waals surface area contributed by atoms with Gasteiger partial charge in [-0.2, -0.15) is 0 Å². The fourth-order valence-electron chi connectivity index (χ4n) is 6.71. The molecule has 2 aliphatic rings. The van der Waals surface area contributed by atoms with E-state index in [-0.39, 0.29) is 17.3 Å². The Morgan fingerprint density at radius 2 is 1.83 bits per heavy atom. The molecule has 0 amide bonds. The second-order valence-electron chi connectivity index (χ2n) is 11.7. The zero-order valence-corrected chi connectivity index (χ0v) is 22.2. The molecule has 1 fully saturated rings. The lowest BCUT2D eigenvalue weighted by Gasteiger charge is -2.53. The number of hydrogen-bond acceptors (Lipinski definition) is 3. The molecule has 4 nitrogen and oxygen atoms in total. The third-order valence-corrected chi connectivity index (χ3v) is 8.69. The van der Waals surface area contributed by atoms with E-state index in [4.69, 9.17) is 4.84 Å². The standard InChI is InChI=1S/C31H41NO3/c1-20(2)24-17-23-13-14-27-30(5,15-10-16-31(27,6)29(33)34)26(23)18-25(24)28(21(3)4)32-35-19-22-11-8-7-9-12-22/h7-9,11-12,17-18,20-21,27H,10,13-16,19H2,1-6H3,(H,33,34)/b32-28+/t27?,30-,31?/m1/s1. The lowest BCUT2D eigenvalue weighted by molar-refractivity contribution is -0.157. The van der Waals surface area contributed by atoms with Gasteiger partial charge < -0.3 is 9.94 Å². The molecule has 0 aliphatic heterocycles. The third kappa shape index (κ3) is 4.64. The highest BCUT2D eigenvalue weighted by Gasteiger charge is 2.55. The molecule has 2 aliphatic carbocycles. The normalized spacial score (nSPS) is 26.4. The van der Waals surface area contributed by atoms with Gasteiger partial charge in [0, 0.05) is 5.56 Å². The molecule has 2 aromatic rings. The molecular formula is C31H41NO3. The molecule has 2 unspecified atom stereocenters. The van der Waals surface area contributed by atoms with E-state index in [2.05, 4.69) is 51.9 Å². The number of aryl methyl sites for hydroxylation is 1. The number of carboxylic acid groups (broad SMARTS) is 1. The van der Waals surface area contributed by atoms with Gasteiger partial charge in [-0.05, 0) is 84.1 Å². The first-order chi connectivity index (χ1) is 16.6. The van der Waals surface area contributed by atoms with Gasteiger partial charge in [-0.15, -0.1) is 0 Å². The van der Waals surface area contributed by atoms with E-state index in [0.29, 0.717) is 12.5 Å². The van der Waals surface area contributed by atoms with E-state index in [1.165, 1.54) is 16.7 Å². The molecule has 0 aromatic heterocycles. The Bertz CT molecular complexity index is 1100. The van der Waals surface area contributed by atoms with Crippen molar-refractivity contribution in [1.29, 1.82) is 0 Å². The number of fused-ring (bicyclic) bond motifs is 3. The zero-order chi connectivity index (χ0) is 25.4. The van der Waals surface area contributed by atoms with Gasteiger partial charge >= 0.3 is 5.97 Å². The van der Waals surface area contributed by atoms with Crippen LogP contribution >= 0.6 is 0 Å². The average Bonchev–Trinajstić information content (AvgIpc) is 2.81. The first-order valence-electron chi connectivity index (χ1n) is 13.2. The zero-order valence-electron chi connectivity index (χ0n) is 22.2. The molecule has 3 atom stereocenters. The number of aliphatic carboxylic acids is 1. The quantitative estimate of drug-likeness (QED) is 0.333. The van der Waals surface area contributed by atoms with Crippen molar-refractivity contribution >= 4 is 11.7 Å². The minimum absolute atomic E-state index is 0.139. The Balaban J connectivity index is 1.79. The van der Waals surface area contributed by atoms with Crippen LogP contribution in [0.5, 0.6) is 0 Å². The van der Waals surface area contributed by atoms with Crippen molar-refractivity contribution in [1.82, 2.24) is 0 Å². The van der Waals surface area contributed by atoms with E-state index >= 15 is 0 Å². The number of carbonyl (C=O) groups is 1. The van der Waals surface area contributed by atoms with Crippen LogP contribution in [0.4, 0.5) is 0 Å². The first-order valence-corrected chi connectivity index (χ1v) is 13.2.